The molecule has 30 heavy (non-hydrogen) atoms. The second-order valence-electron chi connectivity index (χ2n) is 8.33. The average Bonchev–Trinajstić information content (AvgIpc) is 3.24. The van der Waals surface area contributed by atoms with Gasteiger partial charge in [0.05, 0.1) is 18.1 Å². The van der Waals surface area contributed by atoms with Crippen molar-refractivity contribution >= 4 is 22.8 Å². The van der Waals surface area contributed by atoms with Gasteiger partial charge in [-0.2, -0.15) is 0 Å². The molecule has 1 aliphatic carbocycles. The normalized spacial score (nSPS) is 19.8. The van der Waals surface area contributed by atoms with Crippen LogP contribution in [-0.2, 0) is 0 Å². The minimum Gasteiger partial charge on any atom is -0.449 e. The highest BCUT2D eigenvalue weighted by Gasteiger charge is 2.54. The van der Waals surface area contributed by atoms with Gasteiger partial charge in [0.15, 0.2) is 11.3 Å². The van der Waals surface area contributed by atoms with E-state index in [0.717, 1.165) is 43.4 Å². The molecule has 1 saturated heterocycles. The van der Waals surface area contributed by atoms with Crippen LogP contribution >= 0.6 is 0 Å². The molecular formula is C22H23N5O3. The fourth-order valence-corrected chi connectivity index (χ4v) is 4.45. The second kappa shape index (κ2) is 7.19. The summed E-state index contributed by atoms with van der Waals surface area (Å²) in [7, 11) is 0. The number of fused-ring (bicyclic) bond motifs is 1. The van der Waals surface area contributed by atoms with Crippen molar-refractivity contribution in [3.63, 3.8) is 0 Å². The summed E-state index contributed by atoms with van der Waals surface area (Å²) in [5.74, 6) is 0.511. The first-order valence-corrected chi connectivity index (χ1v) is 10.2. The monoisotopic (exact) mass is 405 g/mol. The molecule has 8 heteroatoms. The smallest absolute Gasteiger partial charge is 0.287 e. The Labute approximate surface area is 173 Å². The zero-order chi connectivity index (χ0) is 20.7. The molecule has 2 amide bonds. The summed E-state index contributed by atoms with van der Waals surface area (Å²) in [6, 6.07) is 3.57. The van der Waals surface area contributed by atoms with Crippen molar-refractivity contribution in [2.45, 2.75) is 26.2 Å². The number of aromatic nitrogens is 3. The maximum Gasteiger partial charge on any atom is 0.287 e. The first kappa shape index (κ1) is 18.7. The van der Waals surface area contributed by atoms with E-state index >= 15 is 0 Å². The van der Waals surface area contributed by atoms with Crippen LogP contribution in [0.2, 0.25) is 0 Å². The van der Waals surface area contributed by atoms with E-state index in [1.807, 2.05) is 17.9 Å². The van der Waals surface area contributed by atoms with Gasteiger partial charge in [0.1, 0.15) is 5.69 Å². The van der Waals surface area contributed by atoms with Gasteiger partial charge in [-0.05, 0) is 49.7 Å². The first-order valence-electron chi connectivity index (χ1n) is 10.2. The number of likely N-dealkylation sites (tertiary alicyclic amines) is 1. The number of carbonyl (C=O) groups is 2. The molecule has 1 saturated carbocycles. The Kier molecular flexibility index (Phi) is 4.49. The van der Waals surface area contributed by atoms with Crippen LogP contribution in [-0.4, -0.2) is 51.3 Å². The largest absolute Gasteiger partial charge is 0.449 e. The Morgan fingerprint density at radius 3 is 2.80 bits per heavy atom. The fraction of sp³-hybridized carbons (Fsp3) is 0.409. The van der Waals surface area contributed by atoms with Gasteiger partial charge < -0.3 is 14.6 Å². The number of pyridine rings is 1. The van der Waals surface area contributed by atoms with Gasteiger partial charge in [-0.25, -0.2) is 4.98 Å². The Morgan fingerprint density at radius 1 is 1.23 bits per heavy atom. The van der Waals surface area contributed by atoms with E-state index in [2.05, 4.69) is 20.3 Å². The van der Waals surface area contributed by atoms with Gasteiger partial charge in [0.25, 0.3) is 11.8 Å². The summed E-state index contributed by atoms with van der Waals surface area (Å²) in [6.07, 6.45) is 9.45. The van der Waals surface area contributed by atoms with Gasteiger partial charge in [-0.1, -0.05) is 0 Å². The molecule has 1 aliphatic heterocycles. The van der Waals surface area contributed by atoms with E-state index in [0.29, 0.717) is 29.5 Å². The van der Waals surface area contributed by atoms with Crippen LogP contribution < -0.4 is 5.32 Å². The molecule has 3 aromatic heterocycles. The summed E-state index contributed by atoms with van der Waals surface area (Å²) in [6.45, 7) is 3.92. The Balaban J connectivity index is 1.13. The first-order chi connectivity index (χ1) is 14.5. The molecule has 2 aliphatic rings. The van der Waals surface area contributed by atoms with Crippen molar-refractivity contribution in [1.29, 1.82) is 0 Å². The van der Waals surface area contributed by atoms with Crippen LogP contribution in [0.25, 0.3) is 11.0 Å². The lowest BCUT2D eigenvalue weighted by molar-refractivity contribution is 0.0662. The topological polar surface area (TPSA) is 101 Å². The Hall–Kier alpha value is -3.29. The number of nitrogens with one attached hydrogen (secondary N) is 1. The lowest BCUT2D eigenvalue weighted by Crippen LogP contribution is -2.40. The summed E-state index contributed by atoms with van der Waals surface area (Å²) in [5, 5.41) is 3.88. The van der Waals surface area contributed by atoms with E-state index in [9.17, 15) is 9.59 Å². The molecule has 0 radical (unpaired) electrons. The minimum absolute atomic E-state index is 0.0535. The van der Waals surface area contributed by atoms with Crippen LogP contribution in [0.5, 0.6) is 0 Å². The van der Waals surface area contributed by atoms with E-state index < -0.39 is 0 Å². The molecule has 0 aromatic carbocycles. The maximum absolute atomic E-state index is 12.6. The Morgan fingerprint density at radius 2 is 2.07 bits per heavy atom. The van der Waals surface area contributed by atoms with Crippen molar-refractivity contribution in [3.05, 3.63) is 54.1 Å². The highest BCUT2D eigenvalue weighted by Crippen LogP contribution is 2.59. The van der Waals surface area contributed by atoms with Crippen LogP contribution in [0.4, 0.5) is 0 Å². The van der Waals surface area contributed by atoms with Crippen LogP contribution in [0, 0.1) is 18.3 Å². The van der Waals surface area contributed by atoms with Crippen LogP contribution in [0.3, 0.4) is 0 Å². The second-order valence-corrected chi connectivity index (χ2v) is 8.33. The average molecular weight is 405 g/mol. The van der Waals surface area contributed by atoms with E-state index in [-0.39, 0.29) is 17.2 Å². The number of amides is 2. The fourth-order valence-electron chi connectivity index (χ4n) is 4.45. The SMILES string of the molecule is Cc1cnc(C(=O)N2CCC3(CC2)CC3CNC(=O)c2cc3ccncc3o2)cn1. The van der Waals surface area contributed by atoms with Crippen molar-refractivity contribution in [3.8, 4) is 0 Å². The van der Waals surface area contributed by atoms with Crippen LogP contribution in [0.1, 0.15) is 46.0 Å². The third-order valence-corrected chi connectivity index (χ3v) is 6.46. The maximum atomic E-state index is 12.6. The molecule has 0 bridgehead atoms. The Bertz CT molecular complexity index is 1070. The molecule has 3 aromatic rings. The third kappa shape index (κ3) is 3.42. The van der Waals surface area contributed by atoms with Crippen molar-refractivity contribution < 1.29 is 14.0 Å². The number of carbonyl (C=O) groups excluding carboxylic acids is 2. The van der Waals surface area contributed by atoms with Crippen molar-refractivity contribution in [2.24, 2.45) is 11.3 Å². The van der Waals surface area contributed by atoms with Gasteiger partial charge in [-0.15, -0.1) is 0 Å². The van der Waals surface area contributed by atoms with E-state index in [4.69, 9.17) is 4.42 Å². The molecule has 1 unspecified atom stereocenters. The van der Waals surface area contributed by atoms with Crippen molar-refractivity contribution in [1.82, 2.24) is 25.2 Å². The molecule has 8 nitrogen and oxygen atoms in total. The van der Waals surface area contributed by atoms with E-state index in [1.54, 1.807) is 30.9 Å². The molecule has 5 rings (SSSR count). The number of nitrogens with zero attached hydrogens (tertiary/aromatic N) is 4. The van der Waals surface area contributed by atoms with Crippen LogP contribution in [0.15, 0.2) is 41.3 Å². The molecule has 2 fully saturated rings. The number of aryl methyl sites for hydroxylation is 1. The minimum atomic E-state index is -0.196. The number of hydrogen-bond acceptors (Lipinski definition) is 6. The zero-order valence-corrected chi connectivity index (χ0v) is 16.8. The molecule has 1 N–H and O–H groups in total. The van der Waals surface area contributed by atoms with Gasteiger partial charge >= 0.3 is 0 Å². The summed E-state index contributed by atoms with van der Waals surface area (Å²) in [4.78, 5) is 39.3. The number of furan rings is 1. The molecule has 1 spiro atoms. The molecule has 154 valence electrons. The summed E-state index contributed by atoms with van der Waals surface area (Å²) < 4.78 is 5.58. The number of rotatable bonds is 4. The predicted octanol–water partition coefficient (Wildman–Crippen LogP) is 2.60. The molecule has 1 atom stereocenters. The number of piperidine rings is 1. The van der Waals surface area contributed by atoms with E-state index in [1.165, 1.54) is 0 Å². The van der Waals surface area contributed by atoms with Crippen molar-refractivity contribution in [2.75, 3.05) is 19.6 Å². The quantitative estimate of drug-likeness (QED) is 0.716. The number of hydrogen-bond donors (Lipinski definition) is 1. The summed E-state index contributed by atoms with van der Waals surface area (Å²) >= 11 is 0. The van der Waals surface area contributed by atoms with Gasteiger partial charge in [0, 0.05) is 37.4 Å². The lowest BCUT2D eigenvalue weighted by Gasteiger charge is -2.32. The standard InChI is InChI=1S/C22H23N5O3/c1-14-10-25-17(12-24-14)21(29)27-6-3-22(4-7-27)9-16(22)11-26-20(28)18-8-15-2-5-23-13-19(15)30-18/h2,5,8,10,12-13,16H,3-4,6-7,9,11H2,1H3,(H,26,28). The third-order valence-electron chi connectivity index (χ3n) is 6.46. The summed E-state index contributed by atoms with van der Waals surface area (Å²) in [5.41, 5.74) is 2.05. The van der Waals surface area contributed by atoms with Gasteiger partial charge in [-0.3, -0.25) is 19.6 Å². The van der Waals surface area contributed by atoms with Gasteiger partial charge in [0.2, 0.25) is 0 Å². The predicted molar refractivity (Wildman–Crippen MR) is 109 cm³/mol. The zero-order valence-electron chi connectivity index (χ0n) is 16.8. The highest BCUT2D eigenvalue weighted by atomic mass is 16.3. The molecular weight excluding hydrogens is 382 g/mol. The lowest BCUT2D eigenvalue weighted by atomic mass is 9.90. The molecule has 4 heterocycles. The highest BCUT2D eigenvalue weighted by molar-refractivity contribution is 5.96.